The van der Waals surface area contributed by atoms with Gasteiger partial charge in [0.05, 0.1) is 18.4 Å². The first-order valence-electron chi connectivity index (χ1n) is 10.1. The van der Waals surface area contributed by atoms with Crippen LogP contribution in [-0.2, 0) is 23.0 Å². The second kappa shape index (κ2) is 11.6. The van der Waals surface area contributed by atoms with Crippen LogP contribution in [0.1, 0.15) is 21.6 Å². The lowest BCUT2D eigenvalue weighted by molar-refractivity contribution is 0.0825. The fourth-order valence-corrected chi connectivity index (χ4v) is 4.15. The van der Waals surface area contributed by atoms with Crippen molar-refractivity contribution >= 4 is 44.5 Å². The van der Waals surface area contributed by atoms with Gasteiger partial charge in [0.1, 0.15) is 6.26 Å². The number of aliphatic hydroxyl groups is 1. The predicted octanol–water partition coefficient (Wildman–Crippen LogP) is 2.14. The van der Waals surface area contributed by atoms with Gasteiger partial charge in [0.2, 0.25) is 10.0 Å². The van der Waals surface area contributed by atoms with Crippen LogP contribution < -0.4 is 15.4 Å². The molecule has 1 amide bonds. The first kappa shape index (κ1) is 25.1. The maximum Gasteiger partial charge on any atom is 0.309 e. The second-order valence-electron chi connectivity index (χ2n) is 7.51. The van der Waals surface area contributed by atoms with Gasteiger partial charge in [0.25, 0.3) is 5.91 Å². The Hall–Kier alpha value is -2.48. The molecule has 0 unspecified atom stereocenters. The number of carbonyl (C=O) groups is 1. The zero-order chi connectivity index (χ0) is 23.8. The molecule has 9 nitrogen and oxygen atoms in total. The number of anilines is 1. The number of carbonyl (C=O) groups excluding carboxylic acids is 1. The molecule has 3 rings (SSSR count). The first-order chi connectivity index (χ1) is 15.7. The van der Waals surface area contributed by atoms with E-state index < -0.39 is 28.1 Å². The van der Waals surface area contributed by atoms with E-state index in [1.54, 1.807) is 0 Å². The summed E-state index contributed by atoms with van der Waals surface area (Å²) in [6.45, 7) is 0.826. The van der Waals surface area contributed by atoms with Gasteiger partial charge in [-0.3, -0.25) is 4.79 Å². The van der Waals surface area contributed by atoms with E-state index in [-0.39, 0.29) is 18.3 Å². The van der Waals surface area contributed by atoms with E-state index in [2.05, 4.69) is 49.0 Å². The molecule has 0 aliphatic rings. The summed E-state index contributed by atoms with van der Waals surface area (Å²) in [5.74, 6) is -0.585. The van der Waals surface area contributed by atoms with Gasteiger partial charge in [-0.25, -0.2) is 13.1 Å². The van der Waals surface area contributed by atoms with E-state index in [9.17, 15) is 18.3 Å². The number of halogens is 1. The number of nitrogens with zero attached hydrogens (tertiary/aromatic N) is 1. The molecule has 33 heavy (non-hydrogen) atoms. The number of aliphatic hydroxyl groups excluding tert-OH is 1. The lowest BCUT2D eigenvalue weighted by Gasteiger charge is -2.24. The molecule has 0 saturated heterocycles. The quantitative estimate of drug-likeness (QED) is 0.254. The highest BCUT2D eigenvalue weighted by Crippen LogP contribution is 2.12. The van der Waals surface area contributed by atoms with Crippen LogP contribution in [0, 0.1) is 3.57 Å². The van der Waals surface area contributed by atoms with Gasteiger partial charge in [0, 0.05) is 16.7 Å². The van der Waals surface area contributed by atoms with Crippen molar-refractivity contribution in [1.29, 1.82) is 0 Å². The predicted molar refractivity (Wildman–Crippen MR) is 133 cm³/mol. The summed E-state index contributed by atoms with van der Waals surface area (Å²) >= 11 is 2.24. The van der Waals surface area contributed by atoms with E-state index in [0.717, 1.165) is 27.2 Å². The molecule has 4 N–H and O–H groups in total. The van der Waals surface area contributed by atoms with E-state index in [1.807, 2.05) is 48.5 Å². The van der Waals surface area contributed by atoms with Crippen molar-refractivity contribution < 1.29 is 22.7 Å². The van der Waals surface area contributed by atoms with E-state index >= 15 is 0 Å². The Kier molecular flexibility index (Phi) is 8.83. The number of nitrogens with one attached hydrogen (secondary N) is 3. The summed E-state index contributed by atoms with van der Waals surface area (Å²) in [5, 5.41) is 16.9. The molecule has 0 bridgehead atoms. The molecule has 2 atom stereocenters. The standard InChI is InChI=1S/C22H25IN4O5S/c1-33(30,31)27-22-26-19(14-32-22)21(29)25-18(11-15-6-3-2-4-7-15)20(28)13-24-12-16-8-5-9-17(23)10-16/h2-10,14,18,20,24,28H,11-13H2,1H3,(H,25,29)(H,26,27)/t18-,20+/m0/s1. The van der Waals surface area contributed by atoms with E-state index in [1.165, 1.54) is 0 Å². The summed E-state index contributed by atoms with van der Waals surface area (Å²) in [7, 11) is -3.59. The van der Waals surface area contributed by atoms with Gasteiger partial charge in [0.15, 0.2) is 5.69 Å². The molecule has 0 saturated carbocycles. The van der Waals surface area contributed by atoms with Crippen LogP contribution in [-0.4, -0.2) is 49.4 Å². The third kappa shape index (κ3) is 8.42. The number of oxazole rings is 1. The molecule has 176 valence electrons. The minimum atomic E-state index is -3.59. The summed E-state index contributed by atoms with van der Waals surface area (Å²) in [6, 6.07) is 16.6. The molecule has 1 heterocycles. The summed E-state index contributed by atoms with van der Waals surface area (Å²) in [4.78, 5) is 16.6. The van der Waals surface area contributed by atoms with Crippen molar-refractivity contribution in [3.8, 4) is 0 Å². The lowest BCUT2D eigenvalue weighted by atomic mass is 10.0. The van der Waals surface area contributed by atoms with Crippen molar-refractivity contribution in [2.75, 3.05) is 17.5 Å². The minimum Gasteiger partial charge on any atom is -0.431 e. The second-order valence-corrected chi connectivity index (χ2v) is 10.5. The van der Waals surface area contributed by atoms with Crippen LogP contribution in [0.25, 0.3) is 0 Å². The molecule has 0 spiro atoms. The molecule has 0 aliphatic heterocycles. The number of hydrogen-bond acceptors (Lipinski definition) is 7. The lowest BCUT2D eigenvalue weighted by Crippen LogP contribution is -2.48. The van der Waals surface area contributed by atoms with Crippen molar-refractivity contribution in [2.24, 2.45) is 0 Å². The van der Waals surface area contributed by atoms with E-state index in [0.29, 0.717) is 13.0 Å². The Labute approximate surface area is 206 Å². The van der Waals surface area contributed by atoms with Crippen molar-refractivity contribution in [3.63, 3.8) is 0 Å². The number of benzene rings is 2. The van der Waals surface area contributed by atoms with Crippen molar-refractivity contribution in [3.05, 3.63) is 81.3 Å². The van der Waals surface area contributed by atoms with Crippen LogP contribution in [0.15, 0.2) is 65.3 Å². The molecule has 3 aromatic rings. The number of aromatic nitrogens is 1. The Morgan fingerprint density at radius 2 is 1.88 bits per heavy atom. The number of sulfonamides is 1. The van der Waals surface area contributed by atoms with Gasteiger partial charge in [-0.2, -0.15) is 4.98 Å². The van der Waals surface area contributed by atoms with Crippen molar-refractivity contribution in [1.82, 2.24) is 15.6 Å². The summed E-state index contributed by atoms with van der Waals surface area (Å²) in [6.07, 6.45) is 1.51. The van der Waals surface area contributed by atoms with Crippen LogP contribution >= 0.6 is 22.6 Å². The third-order valence-corrected chi connectivity index (χ3v) is 5.88. The summed E-state index contributed by atoms with van der Waals surface area (Å²) < 4.78 is 30.8. The molecule has 11 heteroatoms. The fourth-order valence-electron chi connectivity index (χ4n) is 3.13. The average molecular weight is 584 g/mol. The third-order valence-electron chi connectivity index (χ3n) is 4.66. The molecule has 1 aromatic heterocycles. The molecule has 2 aromatic carbocycles. The Morgan fingerprint density at radius 1 is 1.15 bits per heavy atom. The first-order valence-corrected chi connectivity index (χ1v) is 13.1. The number of hydrogen-bond donors (Lipinski definition) is 4. The van der Waals surface area contributed by atoms with Crippen molar-refractivity contribution in [2.45, 2.75) is 25.1 Å². The van der Waals surface area contributed by atoms with Gasteiger partial charge in [-0.1, -0.05) is 42.5 Å². The van der Waals surface area contributed by atoms with Crippen LogP contribution in [0.2, 0.25) is 0 Å². The molecular weight excluding hydrogens is 559 g/mol. The normalized spacial score (nSPS) is 13.3. The molecule has 0 fully saturated rings. The van der Waals surface area contributed by atoms with Gasteiger partial charge in [-0.15, -0.1) is 0 Å². The van der Waals surface area contributed by atoms with E-state index in [4.69, 9.17) is 4.42 Å². The summed E-state index contributed by atoms with van der Waals surface area (Å²) in [5.41, 5.74) is 1.93. The van der Waals surface area contributed by atoms with Gasteiger partial charge < -0.3 is 20.2 Å². The highest BCUT2D eigenvalue weighted by atomic mass is 127. The van der Waals surface area contributed by atoms with Gasteiger partial charge in [-0.05, 0) is 52.3 Å². The molecule has 0 radical (unpaired) electrons. The Bertz CT molecular complexity index is 1170. The number of rotatable bonds is 11. The topological polar surface area (TPSA) is 134 Å². The number of amides is 1. The monoisotopic (exact) mass is 584 g/mol. The maximum atomic E-state index is 12.7. The van der Waals surface area contributed by atoms with Gasteiger partial charge >= 0.3 is 6.01 Å². The zero-order valence-electron chi connectivity index (χ0n) is 17.9. The Morgan fingerprint density at radius 3 is 2.58 bits per heavy atom. The smallest absolute Gasteiger partial charge is 0.309 e. The maximum absolute atomic E-state index is 12.7. The highest BCUT2D eigenvalue weighted by molar-refractivity contribution is 14.1. The minimum absolute atomic E-state index is 0.0989. The zero-order valence-corrected chi connectivity index (χ0v) is 20.8. The van der Waals surface area contributed by atoms with Crippen LogP contribution in [0.4, 0.5) is 6.01 Å². The highest BCUT2D eigenvalue weighted by Gasteiger charge is 2.24. The largest absolute Gasteiger partial charge is 0.431 e. The average Bonchev–Trinajstić information content (AvgIpc) is 3.21. The Balaban J connectivity index is 1.66. The fraction of sp³-hybridized carbons (Fsp3) is 0.273. The molecule has 0 aliphatic carbocycles. The molecular formula is C22H25IN4O5S. The van der Waals surface area contributed by atoms with Crippen LogP contribution in [0.3, 0.4) is 0 Å². The van der Waals surface area contributed by atoms with Crippen LogP contribution in [0.5, 0.6) is 0 Å². The SMILES string of the molecule is CS(=O)(=O)Nc1nc(C(=O)N[C@@H](Cc2ccccc2)[C@H](O)CNCc2cccc(I)c2)co1.